The van der Waals surface area contributed by atoms with E-state index in [-0.39, 0.29) is 5.69 Å². The van der Waals surface area contributed by atoms with Gasteiger partial charge in [0.05, 0.1) is 17.7 Å². The Morgan fingerprint density at radius 2 is 1.97 bits per heavy atom. The van der Waals surface area contributed by atoms with Crippen molar-refractivity contribution in [2.45, 2.75) is 37.1 Å². The summed E-state index contributed by atoms with van der Waals surface area (Å²) in [4.78, 5) is 20.7. The maximum atomic E-state index is 10.8. The van der Waals surface area contributed by atoms with Gasteiger partial charge in [0.2, 0.25) is 11.1 Å². The molecule has 0 spiro atoms. The van der Waals surface area contributed by atoms with E-state index in [0.717, 1.165) is 24.8 Å². The van der Waals surface area contributed by atoms with Crippen molar-refractivity contribution in [2.24, 2.45) is 11.8 Å². The number of nitro groups is 1. The Morgan fingerprint density at radius 1 is 1.24 bits per heavy atom. The number of anilines is 1. The van der Waals surface area contributed by atoms with Gasteiger partial charge in [-0.05, 0) is 42.2 Å². The Balaban J connectivity index is 1.64. The van der Waals surface area contributed by atoms with Crippen molar-refractivity contribution < 1.29 is 9.34 Å². The largest absolute Gasteiger partial charge is 0.467 e. The lowest BCUT2D eigenvalue weighted by molar-refractivity contribution is -0.385. The Hall–Kier alpha value is -2.95. The monoisotopic (exact) mass is 415 g/mol. The SMILES string of the molecule is CC1CC(C)CN(c2nnc(Sc3ncc([N+](=O)[O-])cn3)n2Cc2ccco2)C1. The van der Waals surface area contributed by atoms with Crippen LogP contribution in [-0.4, -0.2) is 42.7 Å². The summed E-state index contributed by atoms with van der Waals surface area (Å²) in [5.74, 6) is 2.71. The Labute approximate surface area is 171 Å². The Morgan fingerprint density at radius 3 is 2.59 bits per heavy atom. The van der Waals surface area contributed by atoms with Crippen LogP contribution in [0.15, 0.2) is 45.5 Å². The van der Waals surface area contributed by atoms with Gasteiger partial charge in [0.25, 0.3) is 0 Å². The van der Waals surface area contributed by atoms with Gasteiger partial charge in [-0.1, -0.05) is 13.8 Å². The zero-order valence-electron chi connectivity index (χ0n) is 16.1. The Kier molecular flexibility index (Phi) is 5.47. The number of piperidine rings is 1. The minimum atomic E-state index is -0.523. The van der Waals surface area contributed by atoms with Crippen LogP contribution in [0.1, 0.15) is 26.0 Å². The van der Waals surface area contributed by atoms with Gasteiger partial charge >= 0.3 is 5.69 Å². The third kappa shape index (κ3) is 4.39. The normalized spacial score (nSPS) is 19.4. The van der Waals surface area contributed by atoms with Gasteiger partial charge in [-0.3, -0.25) is 14.7 Å². The van der Waals surface area contributed by atoms with E-state index in [0.29, 0.717) is 28.7 Å². The molecule has 11 heteroatoms. The molecule has 1 aliphatic heterocycles. The second-order valence-electron chi connectivity index (χ2n) is 7.38. The van der Waals surface area contributed by atoms with Crippen LogP contribution in [0.25, 0.3) is 0 Å². The molecule has 4 rings (SSSR count). The molecule has 1 aliphatic rings. The second-order valence-corrected chi connectivity index (χ2v) is 8.32. The van der Waals surface area contributed by atoms with Gasteiger partial charge in [0.15, 0.2) is 5.16 Å². The molecule has 29 heavy (non-hydrogen) atoms. The van der Waals surface area contributed by atoms with E-state index in [1.807, 2.05) is 16.7 Å². The smallest absolute Gasteiger partial charge is 0.305 e. The van der Waals surface area contributed by atoms with E-state index in [2.05, 4.69) is 38.9 Å². The summed E-state index contributed by atoms with van der Waals surface area (Å²) in [5.41, 5.74) is -0.150. The summed E-state index contributed by atoms with van der Waals surface area (Å²) in [7, 11) is 0. The van der Waals surface area contributed by atoms with E-state index in [1.54, 1.807) is 6.26 Å². The Bertz CT molecular complexity index is 964. The van der Waals surface area contributed by atoms with Crippen molar-refractivity contribution in [3.05, 3.63) is 46.7 Å². The summed E-state index contributed by atoms with van der Waals surface area (Å²) in [5, 5.41) is 20.6. The van der Waals surface area contributed by atoms with Crippen molar-refractivity contribution in [3.63, 3.8) is 0 Å². The fraction of sp³-hybridized carbons (Fsp3) is 0.444. The quantitative estimate of drug-likeness (QED) is 0.340. The third-order valence-corrected chi connectivity index (χ3v) is 5.63. The topological polar surface area (TPSA) is 116 Å². The molecular formula is C18H21N7O3S. The average Bonchev–Trinajstić information content (AvgIpc) is 3.32. The van der Waals surface area contributed by atoms with Crippen molar-refractivity contribution in [1.29, 1.82) is 0 Å². The second kappa shape index (κ2) is 8.19. The first-order valence-electron chi connectivity index (χ1n) is 9.34. The van der Waals surface area contributed by atoms with Crippen LogP contribution in [0.5, 0.6) is 0 Å². The molecule has 0 bridgehead atoms. The van der Waals surface area contributed by atoms with Gasteiger partial charge in [-0.2, -0.15) is 0 Å². The van der Waals surface area contributed by atoms with Gasteiger partial charge in [0.1, 0.15) is 18.2 Å². The van der Waals surface area contributed by atoms with Crippen LogP contribution in [0.4, 0.5) is 11.6 Å². The minimum absolute atomic E-state index is 0.150. The van der Waals surface area contributed by atoms with E-state index in [4.69, 9.17) is 4.42 Å². The molecule has 0 aromatic carbocycles. The molecule has 2 unspecified atom stereocenters. The molecule has 4 heterocycles. The predicted octanol–water partition coefficient (Wildman–Crippen LogP) is 3.25. The summed E-state index contributed by atoms with van der Waals surface area (Å²) in [6, 6.07) is 3.75. The van der Waals surface area contributed by atoms with E-state index >= 15 is 0 Å². The fourth-order valence-corrected chi connectivity index (χ4v) is 4.36. The first-order chi connectivity index (χ1) is 14.0. The molecule has 10 nitrogen and oxygen atoms in total. The van der Waals surface area contributed by atoms with Crippen molar-refractivity contribution in [2.75, 3.05) is 18.0 Å². The van der Waals surface area contributed by atoms with Gasteiger partial charge in [-0.15, -0.1) is 10.2 Å². The zero-order valence-corrected chi connectivity index (χ0v) is 16.9. The molecule has 0 N–H and O–H groups in total. The van der Waals surface area contributed by atoms with Crippen LogP contribution in [0, 0.1) is 22.0 Å². The van der Waals surface area contributed by atoms with Crippen LogP contribution >= 0.6 is 11.8 Å². The maximum Gasteiger partial charge on any atom is 0.305 e. The summed E-state index contributed by atoms with van der Waals surface area (Å²) >= 11 is 1.22. The fourth-order valence-electron chi connectivity index (χ4n) is 3.65. The summed E-state index contributed by atoms with van der Waals surface area (Å²) < 4.78 is 7.51. The lowest BCUT2D eigenvalue weighted by Crippen LogP contribution is -2.40. The van der Waals surface area contributed by atoms with Crippen LogP contribution in [0.2, 0.25) is 0 Å². The average molecular weight is 415 g/mol. The number of aromatic nitrogens is 5. The molecule has 152 valence electrons. The third-order valence-electron chi connectivity index (χ3n) is 4.75. The van der Waals surface area contributed by atoms with Crippen LogP contribution in [-0.2, 0) is 6.54 Å². The van der Waals surface area contributed by atoms with Crippen molar-refractivity contribution in [1.82, 2.24) is 24.7 Å². The van der Waals surface area contributed by atoms with Crippen molar-refractivity contribution in [3.8, 4) is 0 Å². The molecule has 3 aromatic rings. The molecule has 0 aliphatic carbocycles. The van der Waals surface area contributed by atoms with E-state index in [1.165, 1.54) is 30.6 Å². The van der Waals surface area contributed by atoms with E-state index < -0.39 is 4.92 Å². The molecule has 0 radical (unpaired) electrons. The predicted molar refractivity (Wildman–Crippen MR) is 106 cm³/mol. The first-order valence-corrected chi connectivity index (χ1v) is 10.2. The van der Waals surface area contributed by atoms with Gasteiger partial charge in [-0.25, -0.2) is 9.97 Å². The molecule has 1 fully saturated rings. The molecular weight excluding hydrogens is 394 g/mol. The maximum absolute atomic E-state index is 10.8. The van der Waals surface area contributed by atoms with Gasteiger partial charge < -0.3 is 9.32 Å². The zero-order chi connectivity index (χ0) is 20.4. The molecule has 2 atom stereocenters. The highest BCUT2D eigenvalue weighted by Gasteiger charge is 2.27. The van der Waals surface area contributed by atoms with Crippen molar-refractivity contribution >= 4 is 23.4 Å². The number of furan rings is 1. The molecule has 0 saturated carbocycles. The number of nitrogens with zero attached hydrogens (tertiary/aromatic N) is 7. The van der Waals surface area contributed by atoms with Crippen LogP contribution < -0.4 is 4.90 Å². The highest BCUT2D eigenvalue weighted by Crippen LogP contribution is 2.31. The minimum Gasteiger partial charge on any atom is -0.467 e. The first kappa shape index (κ1) is 19.4. The summed E-state index contributed by atoms with van der Waals surface area (Å²) in [6.45, 7) is 6.80. The summed E-state index contributed by atoms with van der Waals surface area (Å²) in [6.07, 6.45) is 5.21. The lowest BCUT2D eigenvalue weighted by Gasteiger charge is -2.35. The highest BCUT2D eigenvalue weighted by atomic mass is 32.2. The number of hydrogen-bond acceptors (Lipinski definition) is 9. The standard InChI is InChI=1S/C18H21N7O3S/c1-12-6-13(2)10-23(9-12)17-21-22-18(24(17)11-15-4-3-5-28-15)29-16-19-7-14(8-20-16)25(26)27/h3-5,7-8,12-13H,6,9-11H2,1-2H3. The molecule has 0 amide bonds. The molecule has 1 saturated heterocycles. The van der Waals surface area contributed by atoms with E-state index in [9.17, 15) is 10.1 Å². The molecule has 3 aromatic heterocycles. The number of hydrogen-bond donors (Lipinski definition) is 0. The lowest BCUT2D eigenvalue weighted by atomic mass is 9.92. The van der Waals surface area contributed by atoms with Gasteiger partial charge in [0, 0.05) is 13.1 Å². The highest BCUT2D eigenvalue weighted by molar-refractivity contribution is 7.99. The van der Waals surface area contributed by atoms with Crippen LogP contribution in [0.3, 0.4) is 0 Å². The number of rotatable bonds is 6.